The highest BCUT2D eigenvalue weighted by Crippen LogP contribution is 2.26. The molecule has 0 saturated heterocycles. The lowest BCUT2D eigenvalue weighted by atomic mass is 9.91. The van der Waals surface area contributed by atoms with E-state index in [2.05, 4.69) is 5.32 Å². The summed E-state index contributed by atoms with van der Waals surface area (Å²) in [6, 6.07) is 7.64. The number of amides is 1. The number of carbonyl (C=O) groups is 2. The van der Waals surface area contributed by atoms with Gasteiger partial charge in [0.15, 0.2) is 0 Å². The van der Waals surface area contributed by atoms with E-state index >= 15 is 0 Å². The molecule has 1 aliphatic rings. The van der Waals surface area contributed by atoms with Gasteiger partial charge in [0.25, 0.3) is 0 Å². The molecule has 17 heavy (non-hydrogen) atoms. The number of hydrogen-bond acceptors (Lipinski definition) is 3. The molecule has 0 spiro atoms. The van der Waals surface area contributed by atoms with Crippen LogP contribution in [0.4, 0.5) is 5.69 Å². The van der Waals surface area contributed by atoms with Gasteiger partial charge in [-0.1, -0.05) is 18.2 Å². The molecular formula is C13H15NO3. The Bertz CT molecular complexity index is 442. The lowest BCUT2D eigenvalue weighted by Gasteiger charge is -2.23. The third-order valence-corrected chi connectivity index (χ3v) is 2.83. The van der Waals surface area contributed by atoms with Gasteiger partial charge < -0.3 is 10.1 Å². The van der Waals surface area contributed by atoms with Gasteiger partial charge in [0.2, 0.25) is 5.91 Å². The molecule has 1 aliphatic heterocycles. The van der Waals surface area contributed by atoms with Crippen molar-refractivity contribution >= 4 is 17.6 Å². The average molecular weight is 233 g/mol. The molecule has 1 atom stereocenters. The summed E-state index contributed by atoms with van der Waals surface area (Å²) in [5, 5.41) is 2.81. The minimum absolute atomic E-state index is 0.100. The van der Waals surface area contributed by atoms with Crippen LogP contribution in [-0.2, 0) is 20.7 Å². The van der Waals surface area contributed by atoms with E-state index in [0.717, 1.165) is 11.3 Å². The van der Waals surface area contributed by atoms with Crippen LogP contribution in [0.1, 0.15) is 18.9 Å². The summed E-state index contributed by atoms with van der Waals surface area (Å²) in [7, 11) is 0. The molecule has 1 heterocycles. The molecule has 4 heteroatoms. The van der Waals surface area contributed by atoms with Gasteiger partial charge in [-0.15, -0.1) is 0 Å². The molecule has 0 fully saturated rings. The second-order valence-corrected chi connectivity index (χ2v) is 4.06. The van der Waals surface area contributed by atoms with Crippen molar-refractivity contribution in [1.29, 1.82) is 0 Å². The summed E-state index contributed by atoms with van der Waals surface area (Å²) in [5.74, 6) is -0.729. The van der Waals surface area contributed by atoms with E-state index in [1.165, 1.54) is 0 Å². The van der Waals surface area contributed by atoms with Crippen molar-refractivity contribution < 1.29 is 14.3 Å². The van der Waals surface area contributed by atoms with Gasteiger partial charge in [0.05, 0.1) is 18.9 Å². The number of anilines is 1. The first-order valence-electron chi connectivity index (χ1n) is 5.75. The lowest BCUT2D eigenvalue weighted by molar-refractivity contribution is -0.145. The Morgan fingerprint density at radius 2 is 2.24 bits per heavy atom. The van der Waals surface area contributed by atoms with Crippen LogP contribution >= 0.6 is 0 Å². The van der Waals surface area contributed by atoms with Crippen molar-refractivity contribution in [2.24, 2.45) is 5.92 Å². The van der Waals surface area contributed by atoms with E-state index in [-0.39, 0.29) is 24.2 Å². The predicted octanol–water partition coefficient (Wildman–Crippen LogP) is 1.75. The van der Waals surface area contributed by atoms with Gasteiger partial charge in [-0.25, -0.2) is 0 Å². The second-order valence-electron chi connectivity index (χ2n) is 4.06. The molecule has 0 radical (unpaired) electrons. The topological polar surface area (TPSA) is 55.4 Å². The standard InChI is InChI=1S/C13H15NO3/c1-2-17-12(15)8-10-7-9-5-3-4-6-11(9)14-13(10)16/h3-6,10H,2,7-8H2,1H3,(H,14,16). The zero-order valence-corrected chi connectivity index (χ0v) is 9.73. The van der Waals surface area contributed by atoms with Crippen molar-refractivity contribution in [3.63, 3.8) is 0 Å². The number of carbonyl (C=O) groups excluding carboxylic acids is 2. The minimum Gasteiger partial charge on any atom is -0.466 e. The van der Waals surface area contributed by atoms with Gasteiger partial charge >= 0.3 is 5.97 Å². The van der Waals surface area contributed by atoms with Gasteiger partial charge in [-0.05, 0) is 25.0 Å². The maximum atomic E-state index is 11.8. The van der Waals surface area contributed by atoms with Crippen LogP contribution in [0.5, 0.6) is 0 Å². The van der Waals surface area contributed by atoms with E-state index in [1.807, 2.05) is 24.3 Å². The summed E-state index contributed by atoms with van der Waals surface area (Å²) >= 11 is 0. The van der Waals surface area contributed by atoms with Crippen LogP contribution in [0.2, 0.25) is 0 Å². The minimum atomic E-state index is -0.316. The van der Waals surface area contributed by atoms with Gasteiger partial charge in [-0.2, -0.15) is 0 Å². The summed E-state index contributed by atoms with van der Waals surface area (Å²) in [5.41, 5.74) is 1.92. The number of nitrogens with one attached hydrogen (secondary N) is 1. The molecule has 0 saturated carbocycles. The normalized spacial score (nSPS) is 18.2. The molecule has 90 valence electrons. The Balaban J connectivity index is 2.07. The average Bonchev–Trinajstić information content (AvgIpc) is 2.30. The summed E-state index contributed by atoms with van der Waals surface area (Å²) in [6.07, 6.45) is 0.745. The molecule has 1 unspecified atom stereocenters. The number of fused-ring (bicyclic) bond motifs is 1. The van der Waals surface area contributed by atoms with Crippen molar-refractivity contribution in [2.75, 3.05) is 11.9 Å². The number of esters is 1. The van der Waals surface area contributed by atoms with Gasteiger partial charge in [0.1, 0.15) is 0 Å². The monoisotopic (exact) mass is 233 g/mol. The number of ether oxygens (including phenoxy) is 1. The summed E-state index contributed by atoms with van der Waals surface area (Å²) < 4.78 is 4.86. The van der Waals surface area contributed by atoms with Crippen molar-refractivity contribution in [2.45, 2.75) is 19.8 Å². The number of hydrogen-bond donors (Lipinski definition) is 1. The largest absolute Gasteiger partial charge is 0.466 e. The fraction of sp³-hybridized carbons (Fsp3) is 0.385. The van der Waals surface area contributed by atoms with Crippen LogP contribution in [0.15, 0.2) is 24.3 Å². The van der Waals surface area contributed by atoms with E-state index in [0.29, 0.717) is 13.0 Å². The lowest BCUT2D eigenvalue weighted by Crippen LogP contribution is -2.31. The number of para-hydroxylation sites is 1. The predicted molar refractivity (Wildman–Crippen MR) is 63.5 cm³/mol. The third kappa shape index (κ3) is 2.64. The number of rotatable bonds is 3. The smallest absolute Gasteiger partial charge is 0.306 e. The summed E-state index contributed by atoms with van der Waals surface area (Å²) in [6.45, 7) is 2.11. The fourth-order valence-corrected chi connectivity index (χ4v) is 2.00. The third-order valence-electron chi connectivity index (χ3n) is 2.83. The Labute approximate surface area is 100.0 Å². The Hall–Kier alpha value is -1.84. The highest BCUT2D eigenvalue weighted by atomic mass is 16.5. The maximum Gasteiger partial charge on any atom is 0.306 e. The zero-order valence-electron chi connectivity index (χ0n) is 9.73. The molecule has 0 aliphatic carbocycles. The first-order chi connectivity index (χ1) is 8.20. The maximum absolute atomic E-state index is 11.8. The highest BCUT2D eigenvalue weighted by molar-refractivity contribution is 5.97. The van der Waals surface area contributed by atoms with Crippen molar-refractivity contribution in [3.05, 3.63) is 29.8 Å². The quantitative estimate of drug-likeness (QED) is 0.809. The van der Waals surface area contributed by atoms with Gasteiger partial charge in [-0.3, -0.25) is 9.59 Å². The Kier molecular flexibility index (Phi) is 3.42. The fourth-order valence-electron chi connectivity index (χ4n) is 2.00. The van der Waals surface area contributed by atoms with Crippen LogP contribution < -0.4 is 5.32 Å². The summed E-state index contributed by atoms with van der Waals surface area (Å²) in [4.78, 5) is 23.1. The van der Waals surface area contributed by atoms with Crippen molar-refractivity contribution in [1.82, 2.24) is 0 Å². The SMILES string of the molecule is CCOC(=O)CC1Cc2ccccc2NC1=O. The molecular weight excluding hydrogens is 218 g/mol. The first-order valence-corrected chi connectivity index (χ1v) is 5.75. The van der Waals surface area contributed by atoms with Crippen molar-refractivity contribution in [3.8, 4) is 0 Å². The second kappa shape index (κ2) is 4.99. The molecule has 1 amide bonds. The van der Waals surface area contributed by atoms with E-state index < -0.39 is 0 Å². The zero-order chi connectivity index (χ0) is 12.3. The van der Waals surface area contributed by atoms with Crippen LogP contribution in [0, 0.1) is 5.92 Å². The van der Waals surface area contributed by atoms with E-state index in [9.17, 15) is 9.59 Å². The van der Waals surface area contributed by atoms with Crippen LogP contribution in [0.3, 0.4) is 0 Å². The molecule has 0 aromatic heterocycles. The van der Waals surface area contributed by atoms with Crippen LogP contribution in [-0.4, -0.2) is 18.5 Å². The molecule has 0 bridgehead atoms. The molecule has 1 N–H and O–H groups in total. The Morgan fingerprint density at radius 3 is 3.00 bits per heavy atom. The molecule has 1 aromatic rings. The Morgan fingerprint density at radius 1 is 1.47 bits per heavy atom. The number of benzene rings is 1. The van der Waals surface area contributed by atoms with E-state index in [4.69, 9.17) is 4.74 Å². The molecule has 1 aromatic carbocycles. The highest BCUT2D eigenvalue weighted by Gasteiger charge is 2.28. The molecule has 2 rings (SSSR count). The van der Waals surface area contributed by atoms with E-state index in [1.54, 1.807) is 6.92 Å². The van der Waals surface area contributed by atoms with Crippen LogP contribution in [0.25, 0.3) is 0 Å². The molecule has 4 nitrogen and oxygen atoms in total. The first kappa shape index (κ1) is 11.6. The van der Waals surface area contributed by atoms with Gasteiger partial charge in [0, 0.05) is 5.69 Å².